The van der Waals surface area contributed by atoms with Gasteiger partial charge in [-0.15, -0.1) is 0 Å². The summed E-state index contributed by atoms with van der Waals surface area (Å²) in [5, 5.41) is 14.3. The fraction of sp³-hybridized carbons (Fsp3) is 0.250. The zero-order valence-corrected chi connectivity index (χ0v) is 17.9. The van der Waals surface area contributed by atoms with Gasteiger partial charge in [-0.1, -0.05) is 54.1 Å². The Morgan fingerprint density at radius 2 is 1.79 bits per heavy atom. The third kappa shape index (κ3) is 7.28. The number of nitrogens with one attached hydrogen (secondary N) is 2. The molecule has 8 nitrogen and oxygen atoms in total. The average Bonchev–Trinajstić information content (AvgIpc) is 2.75. The minimum atomic E-state index is -1.34. The maximum atomic E-state index is 12.5. The predicted octanol–water partition coefficient (Wildman–Crippen LogP) is 1.68. The second-order valence-corrected chi connectivity index (χ2v) is 7.78. The van der Waals surface area contributed by atoms with Crippen LogP contribution in [-0.2, 0) is 20.8 Å². The molecule has 1 heterocycles. The van der Waals surface area contributed by atoms with Crippen molar-refractivity contribution in [2.75, 3.05) is 7.05 Å². The number of carboxylic acid groups (broad SMARTS) is 1. The van der Waals surface area contributed by atoms with Crippen molar-refractivity contribution in [3.8, 4) is 0 Å². The Kier molecular flexibility index (Phi) is 9.40. The van der Waals surface area contributed by atoms with Crippen LogP contribution in [0.2, 0.25) is 0 Å². The molecule has 0 spiro atoms. The number of amides is 3. The molecular weight excluding hydrogens is 433 g/mol. The summed E-state index contributed by atoms with van der Waals surface area (Å²) in [5.74, 6) is -2.20. The van der Waals surface area contributed by atoms with Gasteiger partial charge >= 0.3 is 41.6 Å². The van der Waals surface area contributed by atoms with Crippen molar-refractivity contribution in [3.63, 3.8) is 0 Å². The van der Waals surface area contributed by atoms with Gasteiger partial charge in [0, 0.05) is 19.3 Å². The van der Waals surface area contributed by atoms with Crippen LogP contribution in [0.15, 0.2) is 60.8 Å². The van der Waals surface area contributed by atoms with Crippen molar-refractivity contribution in [2.45, 2.75) is 31.8 Å². The molecule has 0 radical (unpaired) electrons. The van der Waals surface area contributed by atoms with E-state index in [4.69, 9.17) is 0 Å². The number of aryl methyl sites for hydroxylation is 1. The van der Waals surface area contributed by atoms with Crippen LogP contribution in [0.4, 0.5) is 4.79 Å². The third-order valence-corrected chi connectivity index (χ3v) is 5.18. The number of urea groups is 1. The molecule has 0 saturated heterocycles. The first-order valence-corrected chi connectivity index (χ1v) is 10.1. The zero-order chi connectivity index (χ0) is 23.3. The average molecular weight is 459 g/mol. The van der Waals surface area contributed by atoms with E-state index in [0.29, 0.717) is 12.0 Å². The van der Waals surface area contributed by atoms with E-state index in [0.717, 1.165) is 16.7 Å². The molecule has 2 aromatic rings. The van der Waals surface area contributed by atoms with E-state index < -0.39 is 35.8 Å². The molecule has 2 unspecified atom stereocenters. The van der Waals surface area contributed by atoms with Crippen LogP contribution in [0.25, 0.3) is 0 Å². The van der Waals surface area contributed by atoms with E-state index in [-0.39, 0.29) is 36.0 Å². The topological polar surface area (TPSA) is 116 Å². The number of hydrogen-bond donors (Lipinski definition) is 3. The molecule has 33 heavy (non-hydrogen) atoms. The summed E-state index contributed by atoms with van der Waals surface area (Å²) >= 11 is 0. The molecule has 1 aliphatic rings. The summed E-state index contributed by atoms with van der Waals surface area (Å²) in [5.41, 5.74) is 3.86. The van der Waals surface area contributed by atoms with E-state index >= 15 is 0 Å². The van der Waals surface area contributed by atoms with Crippen LogP contribution in [0.1, 0.15) is 34.7 Å². The summed E-state index contributed by atoms with van der Waals surface area (Å²) in [6, 6.07) is 12.5. The van der Waals surface area contributed by atoms with Gasteiger partial charge in [-0.2, -0.15) is 0 Å². The fourth-order valence-electron chi connectivity index (χ4n) is 3.43. The van der Waals surface area contributed by atoms with Gasteiger partial charge in [0.05, 0.1) is 12.5 Å². The Morgan fingerprint density at radius 1 is 1.09 bits per heavy atom. The van der Waals surface area contributed by atoms with Crippen molar-refractivity contribution >= 4 is 53.2 Å². The number of aliphatic carboxylic acids is 1. The number of nitrogens with zero attached hydrogens (tertiary/aromatic N) is 1. The summed E-state index contributed by atoms with van der Waals surface area (Å²) < 4.78 is 0. The molecule has 0 aromatic heterocycles. The van der Waals surface area contributed by atoms with Gasteiger partial charge in [0.25, 0.3) is 5.91 Å². The van der Waals surface area contributed by atoms with Crippen molar-refractivity contribution in [2.24, 2.45) is 0 Å². The maximum absolute atomic E-state index is 12.5. The molecule has 0 bridgehead atoms. The number of likely N-dealkylation sites (N-methyl/N-ethyl adjacent to an activating group) is 1. The Labute approximate surface area is 214 Å². The van der Waals surface area contributed by atoms with Gasteiger partial charge in [-0.25, -0.2) is 4.79 Å². The first-order valence-electron chi connectivity index (χ1n) is 10.1. The number of hydrogen-bond acceptors (Lipinski definition) is 4. The van der Waals surface area contributed by atoms with Crippen LogP contribution < -0.4 is 10.6 Å². The summed E-state index contributed by atoms with van der Waals surface area (Å²) in [7, 11) is 1.48. The van der Waals surface area contributed by atoms with Gasteiger partial charge in [0.1, 0.15) is 0 Å². The predicted molar refractivity (Wildman–Crippen MR) is 125 cm³/mol. The molecule has 0 saturated carbocycles. The molecular formula is C24H26N3NaO5. The molecule has 3 amide bonds. The Hall–Kier alpha value is -2.94. The molecule has 2 atom stereocenters. The van der Waals surface area contributed by atoms with Crippen LogP contribution in [0.5, 0.6) is 0 Å². The number of benzene rings is 2. The van der Waals surface area contributed by atoms with E-state index in [1.807, 2.05) is 43.3 Å². The van der Waals surface area contributed by atoms with Gasteiger partial charge < -0.3 is 20.6 Å². The molecule has 1 aliphatic heterocycles. The molecule has 3 N–H and O–H groups in total. The van der Waals surface area contributed by atoms with Gasteiger partial charge in [0.2, 0.25) is 0 Å². The third-order valence-electron chi connectivity index (χ3n) is 5.18. The minimum absolute atomic E-state index is 0. The van der Waals surface area contributed by atoms with Gasteiger partial charge in [-0.3, -0.25) is 14.4 Å². The van der Waals surface area contributed by atoms with Crippen molar-refractivity contribution in [1.29, 1.82) is 0 Å². The standard InChI is InChI=1S/C24H25N3O5.Na.H/c1-15-6-8-16(9-7-15)12-17-4-3-5-18(13-17)19(14-21(29)30)25-24(32)26-22-20(28)10-11-27(2)23(22)31;;/h3-11,13,19,22H,12,14H2,1-2H3,(H,29,30)(H2,25,26,32);;. The van der Waals surface area contributed by atoms with Crippen molar-refractivity contribution < 1.29 is 24.3 Å². The van der Waals surface area contributed by atoms with Crippen molar-refractivity contribution in [3.05, 3.63) is 83.1 Å². The molecule has 9 heteroatoms. The molecule has 0 fully saturated rings. The van der Waals surface area contributed by atoms with Crippen LogP contribution in [-0.4, -0.2) is 76.3 Å². The van der Waals surface area contributed by atoms with Gasteiger partial charge in [-0.05, 0) is 30.0 Å². The monoisotopic (exact) mass is 459 g/mol. The molecule has 3 rings (SSSR count). The van der Waals surface area contributed by atoms with Crippen LogP contribution >= 0.6 is 0 Å². The van der Waals surface area contributed by atoms with Crippen LogP contribution in [0, 0.1) is 6.92 Å². The number of rotatable bonds is 7. The number of carbonyl (C=O) groups is 4. The summed E-state index contributed by atoms with van der Waals surface area (Å²) in [6.45, 7) is 2.01. The molecule has 2 aromatic carbocycles. The van der Waals surface area contributed by atoms with E-state index in [1.165, 1.54) is 24.2 Å². The Morgan fingerprint density at radius 3 is 2.45 bits per heavy atom. The van der Waals surface area contributed by atoms with Crippen molar-refractivity contribution in [1.82, 2.24) is 15.5 Å². The first-order chi connectivity index (χ1) is 15.2. The molecule has 0 aliphatic carbocycles. The second-order valence-electron chi connectivity index (χ2n) is 7.78. The zero-order valence-electron chi connectivity index (χ0n) is 17.9. The van der Waals surface area contributed by atoms with E-state index in [2.05, 4.69) is 10.6 Å². The van der Waals surface area contributed by atoms with E-state index in [1.54, 1.807) is 12.1 Å². The van der Waals surface area contributed by atoms with Gasteiger partial charge in [0.15, 0.2) is 11.8 Å². The SMILES string of the molecule is Cc1ccc(Cc2cccc(C(CC(=O)O)NC(=O)NC3C(=O)C=CN(C)C3=O)c2)cc1.[NaH]. The summed E-state index contributed by atoms with van der Waals surface area (Å²) in [6.07, 6.45) is 2.83. The number of ketones is 1. The summed E-state index contributed by atoms with van der Waals surface area (Å²) in [4.78, 5) is 49.3. The number of carboxylic acids is 1. The quantitative estimate of drug-likeness (QED) is 0.430. The number of carbonyl (C=O) groups excluding carboxylic acids is 3. The second kappa shape index (κ2) is 11.8. The van der Waals surface area contributed by atoms with Crippen LogP contribution in [0.3, 0.4) is 0 Å². The normalized spacial score (nSPS) is 16.1. The fourth-order valence-corrected chi connectivity index (χ4v) is 3.43. The Bertz CT molecular complexity index is 1070. The first kappa shape index (κ1) is 26.3. The Balaban J connectivity index is 0.00000385. The molecule has 168 valence electrons. The van der Waals surface area contributed by atoms with E-state index in [9.17, 15) is 24.3 Å².